The van der Waals surface area contributed by atoms with Gasteiger partial charge >= 0.3 is 6.09 Å². The van der Waals surface area contributed by atoms with Gasteiger partial charge in [-0.05, 0) is 12.8 Å². The number of likely N-dealkylation sites (tertiary alicyclic amines) is 1. The van der Waals surface area contributed by atoms with E-state index in [0.29, 0.717) is 13.1 Å². The number of amides is 2. The predicted molar refractivity (Wildman–Crippen MR) is 54.7 cm³/mol. The Bertz CT molecular complexity index is 295. The highest BCUT2D eigenvalue weighted by atomic mass is 16.6. The van der Waals surface area contributed by atoms with Gasteiger partial charge in [0.05, 0.1) is 18.6 Å². The lowest BCUT2D eigenvalue weighted by Gasteiger charge is -2.34. The summed E-state index contributed by atoms with van der Waals surface area (Å²) in [5.74, 6) is -0.0555. The van der Waals surface area contributed by atoms with Crippen molar-refractivity contribution in [1.29, 1.82) is 0 Å². The lowest BCUT2D eigenvalue weighted by Crippen LogP contribution is -2.49. The van der Waals surface area contributed by atoms with Gasteiger partial charge in [-0.25, -0.2) is 4.79 Å². The second kappa shape index (κ2) is 4.69. The second-order valence-electron chi connectivity index (χ2n) is 4.09. The molecule has 6 heteroatoms. The van der Waals surface area contributed by atoms with E-state index in [9.17, 15) is 9.59 Å². The molecule has 2 aliphatic heterocycles. The van der Waals surface area contributed by atoms with E-state index in [1.165, 1.54) is 0 Å². The Morgan fingerprint density at radius 2 is 2.44 bits per heavy atom. The molecule has 2 rings (SSSR count). The molecule has 0 aromatic heterocycles. The average Bonchev–Trinajstić information content (AvgIpc) is 2.68. The van der Waals surface area contributed by atoms with Crippen LogP contribution >= 0.6 is 0 Å². The summed E-state index contributed by atoms with van der Waals surface area (Å²) in [5.41, 5.74) is 0. The first-order valence-corrected chi connectivity index (χ1v) is 5.56. The Morgan fingerprint density at radius 1 is 1.62 bits per heavy atom. The number of nitrogens with one attached hydrogen (secondary N) is 1. The van der Waals surface area contributed by atoms with E-state index >= 15 is 0 Å². The molecule has 16 heavy (non-hydrogen) atoms. The molecule has 6 nitrogen and oxygen atoms in total. The van der Waals surface area contributed by atoms with Crippen molar-refractivity contribution in [1.82, 2.24) is 10.2 Å². The first-order chi connectivity index (χ1) is 7.74. The summed E-state index contributed by atoms with van der Waals surface area (Å²) in [5, 5.41) is 11.3. The average molecular weight is 228 g/mol. The molecule has 90 valence electrons. The van der Waals surface area contributed by atoms with E-state index < -0.39 is 6.09 Å². The van der Waals surface area contributed by atoms with Crippen molar-refractivity contribution in [2.75, 3.05) is 26.3 Å². The Balaban J connectivity index is 1.98. The Kier molecular flexibility index (Phi) is 3.28. The number of hydrogen-bond acceptors (Lipinski definition) is 4. The third-order valence-electron chi connectivity index (χ3n) is 3.15. The molecule has 0 spiro atoms. The van der Waals surface area contributed by atoms with Crippen molar-refractivity contribution in [3.63, 3.8) is 0 Å². The van der Waals surface area contributed by atoms with Crippen LogP contribution in [-0.2, 0) is 9.53 Å². The molecular formula is C10H16N2O4. The molecule has 0 aromatic rings. The molecule has 2 heterocycles. The number of carbonyl (C=O) groups excluding carboxylic acids is 2. The van der Waals surface area contributed by atoms with E-state index in [-0.39, 0.29) is 31.1 Å². The van der Waals surface area contributed by atoms with Crippen molar-refractivity contribution >= 4 is 12.0 Å². The molecule has 0 aliphatic carbocycles. The highest BCUT2D eigenvalue weighted by molar-refractivity contribution is 5.83. The van der Waals surface area contributed by atoms with Crippen molar-refractivity contribution in [3.8, 4) is 0 Å². The molecule has 2 aliphatic rings. The van der Waals surface area contributed by atoms with E-state index in [0.717, 1.165) is 12.8 Å². The first-order valence-electron chi connectivity index (χ1n) is 5.56. The zero-order valence-electron chi connectivity index (χ0n) is 9.02. The summed E-state index contributed by atoms with van der Waals surface area (Å²) in [6, 6.07) is -0.0764. The minimum Gasteiger partial charge on any atom is -0.447 e. The molecule has 0 saturated carbocycles. The maximum Gasteiger partial charge on any atom is 0.410 e. The molecule has 2 fully saturated rings. The smallest absolute Gasteiger partial charge is 0.410 e. The van der Waals surface area contributed by atoms with Gasteiger partial charge in [0.1, 0.15) is 6.61 Å². The van der Waals surface area contributed by atoms with E-state index in [1.54, 1.807) is 4.90 Å². The molecule has 0 aromatic carbocycles. The number of ether oxygens (including phenoxy) is 1. The van der Waals surface area contributed by atoms with Crippen LogP contribution in [0, 0.1) is 5.92 Å². The van der Waals surface area contributed by atoms with Crippen molar-refractivity contribution in [2.24, 2.45) is 5.92 Å². The zero-order chi connectivity index (χ0) is 11.5. The Labute approximate surface area is 93.6 Å². The number of rotatable bonds is 2. The third-order valence-corrected chi connectivity index (χ3v) is 3.15. The van der Waals surface area contributed by atoms with Gasteiger partial charge < -0.3 is 20.1 Å². The Hall–Kier alpha value is -1.30. The molecule has 0 bridgehead atoms. The van der Waals surface area contributed by atoms with Crippen LogP contribution in [0.4, 0.5) is 4.79 Å². The highest BCUT2D eigenvalue weighted by Gasteiger charge is 2.43. The molecule has 2 atom stereocenters. The molecule has 2 N–H and O–H groups in total. The zero-order valence-corrected chi connectivity index (χ0v) is 9.02. The summed E-state index contributed by atoms with van der Waals surface area (Å²) >= 11 is 0. The molecule has 2 amide bonds. The van der Waals surface area contributed by atoms with Crippen LogP contribution in [0.15, 0.2) is 0 Å². The van der Waals surface area contributed by atoms with Gasteiger partial charge in [0, 0.05) is 13.1 Å². The molecule has 2 saturated heterocycles. The van der Waals surface area contributed by atoms with Gasteiger partial charge in [-0.3, -0.25) is 4.79 Å². The normalized spacial score (nSPS) is 28.6. The van der Waals surface area contributed by atoms with E-state index in [4.69, 9.17) is 9.84 Å². The molecule has 2 unspecified atom stereocenters. The van der Waals surface area contributed by atoms with Gasteiger partial charge in [0.15, 0.2) is 0 Å². The van der Waals surface area contributed by atoms with Crippen molar-refractivity contribution in [3.05, 3.63) is 0 Å². The Morgan fingerprint density at radius 3 is 3.19 bits per heavy atom. The number of piperidine rings is 1. The monoisotopic (exact) mass is 228 g/mol. The van der Waals surface area contributed by atoms with Gasteiger partial charge in [0.25, 0.3) is 0 Å². The first kappa shape index (κ1) is 11.2. The fraction of sp³-hybridized carbons (Fsp3) is 0.800. The van der Waals surface area contributed by atoms with Crippen molar-refractivity contribution < 1.29 is 19.4 Å². The maximum atomic E-state index is 11.7. The van der Waals surface area contributed by atoms with E-state index in [1.807, 2.05) is 0 Å². The van der Waals surface area contributed by atoms with E-state index in [2.05, 4.69) is 5.32 Å². The quantitative estimate of drug-likeness (QED) is 0.656. The van der Waals surface area contributed by atoms with Crippen LogP contribution < -0.4 is 5.32 Å². The van der Waals surface area contributed by atoms with Crippen LogP contribution in [0.3, 0.4) is 0 Å². The summed E-state index contributed by atoms with van der Waals surface area (Å²) < 4.78 is 4.87. The van der Waals surface area contributed by atoms with Crippen molar-refractivity contribution in [2.45, 2.75) is 18.9 Å². The summed E-state index contributed by atoms with van der Waals surface area (Å²) in [4.78, 5) is 24.7. The summed E-state index contributed by atoms with van der Waals surface area (Å²) in [6.45, 7) is 0.969. The predicted octanol–water partition coefficient (Wildman–Crippen LogP) is -0.674. The lowest BCUT2D eigenvalue weighted by atomic mass is 9.92. The van der Waals surface area contributed by atoms with Crippen LogP contribution in [0.25, 0.3) is 0 Å². The van der Waals surface area contributed by atoms with Crippen LogP contribution in [-0.4, -0.2) is 54.4 Å². The minimum atomic E-state index is -0.430. The minimum absolute atomic E-state index is 0.00803. The van der Waals surface area contributed by atoms with Crippen LogP contribution in [0.5, 0.6) is 0 Å². The standard InChI is InChI=1S/C10H16N2O4/c13-4-5-16-10(15)12-3-1-2-7-8(12)6-11-9(7)14/h7-8,13H,1-6H2,(H,11,14). The van der Waals surface area contributed by atoms with Gasteiger partial charge in [-0.15, -0.1) is 0 Å². The van der Waals surface area contributed by atoms with Crippen LogP contribution in [0.2, 0.25) is 0 Å². The lowest BCUT2D eigenvalue weighted by molar-refractivity contribution is -0.123. The summed E-state index contributed by atoms with van der Waals surface area (Å²) in [7, 11) is 0. The fourth-order valence-electron chi connectivity index (χ4n) is 2.39. The molecule has 0 radical (unpaired) electrons. The number of aliphatic hydroxyl groups is 1. The van der Waals surface area contributed by atoms with Gasteiger partial charge in [0.2, 0.25) is 5.91 Å². The maximum absolute atomic E-state index is 11.7. The fourth-order valence-corrected chi connectivity index (χ4v) is 2.39. The number of nitrogens with zero attached hydrogens (tertiary/aromatic N) is 1. The third kappa shape index (κ3) is 1.97. The van der Waals surface area contributed by atoms with Gasteiger partial charge in [-0.2, -0.15) is 0 Å². The summed E-state index contributed by atoms with van der Waals surface area (Å²) in [6.07, 6.45) is 1.23. The van der Waals surface area contributed by atoms with Gasteiger partial charge in [-0.1, -0.05) is 0 Å². The number of carbonyl (C=O) groups is 2. The number of aliphatic hydroxyl groups excluding tert-OH is 1. The number of hydrogen-bond donors (Lipinski definition) is 2. The largest absolute Gasteiger partial charge is 0.447 e. The molecular weight excluding hydrogens is 212 g/mol. The van der Waals surface area contributed by atoms with Crippen LogP contribution in [0.1, 0.15) is 12.8 Å². The topological polar surface area (TPSA) is 78.9 Å². The number of fused-ring (bicyclic) bond motifs is 1. The SMILES string of the molecule is O=C1NCC2C1CCCN2C(=O)OCCO. The second-order valence-corrected chi connectivity index (χ2v) is 4.09. The highest BCUT2D eigenvalue weighted by Crippen LogP contribution is 2.27.